The number of thioether (sulfide) groups is 1. The van der Waals surface area contributed by atoms with Crippen molar-refractivity contribution in [1.82, 2.24) is 0 Å². The molecular formula is C13H18ClNO2S. The van der Waals surface area contributed by atoms with E-state index in [9.17, 15) is 9.90 Å². The van der Waals surface area contributed by atoms with Gasteiger partial charge in [0.2, 0.25) is 0 Å². The largest absolute Gasteiger partial charge is 0.478 e. The number of anilines is 1. The number of rotatable bonds is 6. The fourth-order valence-corrected chi connectivity index (χ4v) is 2.90. The Balaban J connectivity index is 3.11. The van der Waals surface area contributed by atoms with Crippen LogP contribution in [0.1, 0.15) is 23.7 Å². The fourth-order valence-electron chi connectivity index (χ4n) is 1.88. The van der Waals surface area contributed by atoms with Crippen LogP contribution in [0, 0.1) is 0 Å². The number of carboxylic acid groups (broad SMARTS) is 1. The number of halogens is 1. The summed E-state index contributed by atoms with van der Waals surface area (Å²) in [6, 6.07) is 5.32. The molecule has 0 aliphatic heterocycles. The Kier molecular flexibility index (Phi) is 5.82. The molecule has 0 saturated heterocycles. The van der Waals surface area contributed by atoms with Gasteiger partial charge in [0.05, 0.1) is 11.3 Å². The summed E-state index contributed by atoms with van der Waals surface area (Å²) in [5, 5.41) is 9.68. The Hall–Kier alpha value is -0.870. The van der Waals surface area contributed by atoms with E-state index in [0.717, 1.165) is 12.2 Å². The minimum Gasteiger partial charge on any atom is -0.478 e. The van der Waals surface area contributed by atoms with Gasteiger partial charge >= 0.3 is 5.97 Å². The van der Waals surface area contributed by atoms with Crippen LogP contribution in [0.25, 0.3) is 0 Å². The molecule has 0 bridgehead atoms. The zero-order valence-corrected chi connectivity index (χ0v) is 12.4. The number of benzene rings is 1. The van der Waals surface area contributed by atoms with Crippen molar-refractivity contribution in [2.45, 2.75) is 19.4 Å². The van der Waals surface area contributed by atoms with Gasteiger partial charge in [-0.1, -0.05) is 18.5 Å². The molecule has 1 rings (SSSR count). The zero-order chi connectivity index (χ0) is 13.7. The number of nitrogens with zero attached hydrogens (tertiary/aromatic N) is 1. The molecule has 0 radical (unpaired) electrons. The van der Waals surface area contributed by atoms with Crippen LogP contribution >= 0.6 is 23.4 Å². The predicted molar refractivity (Wildman–Crippen MR) is 79.3 cm³/mol. The summed E-state index contributed by atoms with van der Waals surface area (Å²) in [7, 11) is 1.93. The zero-order valence-electron chi connectivity index (χ0n) is 10.8. The van der Waals surface area contributed by atoms with Gasteiger partial charge in [0.25, 0.3) is 0 Å². The third-order valence-electron chi connectivity index (χ3n) is 2.95. The molecular weight excluding hydrogens is 270 g/mol. The Morgan fingerprint density at radius 3 is 2.72 bits per heavy atom. The van der Waals surface area contributed by atoms with Crippen LogP contribution in [0.3, 0.4) is 0 Å². The normalized spacial score (nSPS) is 12.2. The van der Waals surface area contributed by atoms with Gasteiger partial charge in [0, 0.05) is 23.9 Å². The quantitative estimate of drug-likeness (QED) is 0.868. The molecule has 18 heavy (non-hydrogen) atoms. The molecule has 0 amide bonds. The second-order valence-electron chi connectivity index (χ2n) is 4.09. The molecule has 1 aromatic carbocycles. The lowest BCUT2D eigenvalue weighted by Gasteiger charge is -2.30. The van der Waals surface area contributed by atoms with Crippen LogP contribution in [-0.4, -0.2) is 36.2 Å². The van der Waals surface area contributed by atoms with Crippen molar-refractivity contribution in [3.05, 3.63) is 28.8 Å². The van der Waals surface area contributed by atoms with Gasteiger partial charge in [-0.15, -0.1) is 0 Å². The average Bonchev–Trinajstić information content (AvgIpc) is 2.35. The summed E-state index contributed by atoms with van der Waals surface area (Å²) in [4.78, 5) is 13.3. The maximum Gasteiger partial charge on any atom is 0.337 e. The molecule has 1 unspecified atom stereocenters. The summed E-state index contributed by atoms with van der Waals surface area (Å²) >= 11 is 7.61. The lowest BCUT2D eigenvalue weighted by molar-refractivity contribution is 0.0697. The van der Waals surface area contributed by atoms with E-state index in [4.69, 9.17) is 11.6 Å². The van der Waals surface area contributed by atoms with Crippen LogP contribution in [0.5, 0.6) is 0 Å². The fraction of sp³-hybridized carbons (Fsp3) is 0.462. The Morgan fingerprint density at radius 2 is 2.22 bits per heavy atom. The predicted octanol–water partition coefficient (Wildman–Crippen LogP) is 3.62. The van der Waals surface area contributed by atoms with Crippen molar-refractivity contribution in [2.75, 3.05) is 24.0 Å². The number of hydrogen-bond donors (Lipinski definition) is 1. The van der Waals surface area contributed by atoms with Gasteiger partial charge in [-0.05, 0) is 30.9 Å². The van der Waals surface area contributed by atoms with Gasteiger partial charge in [-0.2, -0.15) is 11.8 Å². The molecule has 0 aliphatic rings. The smallest absolute Gasteiger partial charge is 0.337 e. The molecule has 1 N–H and O–H groups in total. The highest BCUT2D eigenvalue weighted by atomic mass is 35.5. The Labute approximate surface area is 117 Å². The van der Waals surface area contributed by atoms with Gasteiger partial charge in [-0.25, -0.2) is 4.79 Å². The lowest BCUT2D eigenvalue weighted by atomic mass is 10.1. The van der Waals surface area contributed by atoms with Gasteiger partial charge < -0.3 is 10.0 Å². The van der Waals surface area contributed by atoms with Gasteiger partial charge in [-0.3, -0.25) is 0 Å². The van der Waals surface area contributed by atoms with E-state index in [0.29, 0.717) is 16.8 Å². The first kappa shape index (κ1) is 15.2. The third-order valence-corrected chi connectivity index (χ3v) is 3.90. The average molecular weight is 288 g/mol. The van der Waals surface area contributed by atoms with E-state index < -0.39 is 5.97 Å². The standard InChI is InChI=1S/C13H18ClNO2S/c1-4-10(8-18-3)15(2)12-6-5-9(14)7-11(12)13(16)17/h5-7,10H,4,8H2,1-3H3,(H,16,17). The number of carbonyl (C=O) groups is 1. The van der Waals surface area contributed by atoms with Gasteiger partial charge in [0.15, 0.2) is 0 Å². The molecule has 0 aliphatic carbocycles. The topological polar surface area (TPSA) is 40.5 Å². The molecule has 100 valence electrons. The first-order chi connectivity index (χ1) is 8.51. The van der Waals surface area contributed by atoms with Crippen molar-refractivity contribution >= 4 is 35.0 Å². The molecule has 0 saturated carbocycles. The maximum absolute atomic E-state index is 11.3. The van der Waals surface area contributed by atoms with Crippen LogP contribution in [-0.2, 0) is 0 Å². The van der Waals surface area contributed by atoms with Crippen LogP contribution in [0.4, 0.5) is 5.69 Å². The highest BCUT2D eigenvalue weighted by Gasteiger charge is 2.19. The number of hydrogen-bond acceptors (Lipinski definition) is 3. The Bertz CT molecular complexity index is 425. The van der Waals surface area contributed by atoms with E-state index in [2.05, 4.69) is 13.2 Å². The van der Waals surface area contributed by atoms with Crippen molar-refractivity contribution in [3.63, 3.8) is 0 Å². The van der Waals surface area contributed by atoms with E-state index in [-0.39, 0.29) is 5.56 Å². The van der Waals surface area contributed by atoms with Gasteiger partial charge in [0.1, 0.15) is 0 Å². The minimum absolute atomic E-state index is 0.254. The van der Waals surface area contributed by atoms with E-state index >= 15 is 0 Å². The van der Waals surface area contributed by atoms with E-state index in [1.807, 2.05) is 11.9 Å². The highest BCUT2D eigenvalue weighted by molar-refractivity contribution is 7.98. The summed E-state index contributed by atoms with van der Waals surface area (Å²) in [5.41, 5.74) is 0.970. The van der Waals surface area contributed by atoms with Crippen molar-refractivity contribution in [2.24, 2.45) is 0 Å². The summed E-state index contributed by atoms with van der Waals surface area (Å²) in [6.45, 7) is 2.10. The minimum atomic E-state index is -0.946. The first-order valence-electron chi connectivity index (χ1n) is 5.75. The maximum atomic E-state index is 11.3. The number of carboxylic acids is 1. The second kappa shape index (κ2) is 6.90. The molecule has 0 heterocycles. The molecule has 1 atom stereocenters. The van der Waals surface area contributed by atoms with E-state index in [1.54, 1.807) is 23.9 Å². The van der Waals surface area contributed by atoms with E-state index in [1.165, 1.54) is 6.07 Å². The summed E-state index contributed by atoms with van der Waals surface area (Å²) in [6.07, 6.45) is 3.02. The Morgan fingerprint density at radius 1 is 1.56 bits per heavy atom. The molecule has 3 nitrogen and oxygen atoms in total. The molecule has 0 aromatic heterocycles. The molecule has 0 spiro atoms. The van der Waals surface area contributed by atoms with Crippen LogP contribution < -0.4 is 4.90 Å². The molecule has 5 heteroatoms. The first-order valence-corrected chi connectivity index (χ1v) is 7.53. The molecule has 1 aromatic rings. The van der Waals surface area contributed by atoms with Crippen LogP contribution in [0.15, 0.2) is 18.2 Å². The highest BCUT2D eigenvalue weighted by Crippen LogP contribution is 2.26. The van der Waals surface area contributed by atoms with Crippen LogP contribution in [0.2, 0.25) is 5.02 Å². The second-order valence-corrected chi connectivity index (χ2v) is 5.44. The van der Waals surface area contributed by atoms with Crippen molar-refractivity contribution in [3.8, 4) is 0 Å². The van der Waals surface area contributed by atoms with Crippen molar-refractivity contribution < 1.29 is 9.90 Å². The SMILES string of the molecule is CCC(CSC)N(C)c1ccc(Cl)cc1C(=O)O. The van der Waals surface area contributed by atoms with Crippen molar-refractivity contribution in [1.29, 1.82) is 0 Å². The summed E-state index contributed by atoms with van der Waals surface area (Å²) < 4.78 is 0. The summed E-state index contributed by atoms with van der Waals surface area (Å²) in [5.74, 6) is 0.0210. The third kappa shape index (κ3) is 3.56. The monoisotopic (exact) mass is 287 g/mol. The lowest BCUT2D eigenvalue weighted by Crippen LogP contribution is -2.34. The molecule has 0 fully saturated rings. The number of aromatic carboxylic acids is 1.